The largest absolute Gasteiger partial charge is 0.358 e. The smallest absolute Gasteiger partial charge is 0.300 e. The summed E-state index contributed by atoms with van der Waals surface area (Å²) in [6, 6.07) is 0.878. The molecule has 0 atom stereocenters. The first kappa shape index (κ1) is 15.8. The third-order valence-electron chi connectivity index (χ3n) is 2.15. The van der Waals surface area contributed by atoms with E-state index in [9.17, 15) is 23.3 Å². The lowest BCUT2D eigenvalue weighted by molar-refractivity contribution is -0.384. The lowest BCUT2D eigenvalue weighted by atomic mass is 10.6. The topological polar surface area (TPSA) is 110 Å². The SMILES string of the molecule is CNC(=O)CN(C)S(=O)(=O)c1cc([N+](=O)[O-])c(Cl)s1. The number of nitrogens with zero attached hydrogens (tertiary/aromatic N) is 2. The molecule has 0 fully saturated rings. The highest BCUT2D eigenvalue weighted by Gasteiger charge is 2.29. The number of hydrogen-bond donors (Lipinski definition) is 1. The van der Waals surface area contributed by atoms with Gasteiger partial charge in [0, 0.05) is 20.2 Å². The Labute approximate surface area is 118 Å². The van der Waals surface area contributed by atoms with E-state index < -0.39 is 26.5 Å². The third-order valence-corrected chi connectivity index (χ3v) is 5.74. The summed E-state index contributed by atoms with van der Waals surface area (Å²) in [6.45, 7) is -0.387. The van der Waals surface area contributed by atoms with Crippen molar-refractivity contribution in [3.63, 3.8) is 0 Å². The molecule has 1 heterocycles. The van der Waals surface area contributed by atoms with Crippen LogP contribution >= 0.6 is 22.9 Å². The van der Waals surface area contributed by atoms with Crippen molar-refractivity contribution < 1.29 is 18.1 Å². The highest BCUT2D eigenvalue weighted by Crippen LogP contribution is 2.37. The maximum atomic E-state index is 12.0. The van der Waals surface area contributed by atoms with Crippen molar-refractivity contribution in [2.45, 2.75) is 4.21 Å². The fraction of sp³-hybridized carbons (Fsp3) is 0.375. The van der Waals surface area contributed by atoms with Gasteiger partial charge in [-0.25, -0.2) is 8.42 Å². The molecule has 0 unspecified atom stereocenters. The van der Waals surface area contributed by atoms with E-state index in [1.54, 1.807) is 0 Å². The zero-order valence-corrected chi connectivity index (χ0v) is 12.3. The van der Waals surface area contributed by atoms with Gasteiger partial charge in [-0.15, -0.1) is 11.3 Å². The first-order valence-electron chi connectivity index (χ1n) is 4.80. The van der Waals surface area contributed by atoms with Crippen LogP contribution in [0.1, 0.15) is 0 Å². The van der Waals surface area contributed by atoms with E-state index >= 15 is 0 Å². The van der Waals surface area contributed by atoms with E-state index in [2.05, 4.69) is 5.32 Å². The first-order valence-corrected chi connectivity index (χ1v) is 7.44. The maximum absolute atomic E-state index is 12.0. The quantitative estimate of drug-likeness (QED) is 0.631. The molecule has 1 amide bonds. The van der Waals surface area contributed by atoms with Gasteiger partial charge in [-0.05, 0) is 0 Å². The second kappa shape index (κ2) is 5.82. The number of nitrogens with one attached hydrogen (secondary N) is 1. The molecule has 0 aromatic carbocycles. The summed E-state index contributed by atoms with van der Waals surface area (Å²) in [5, 5.41) is 12.9. The number of carbonyl (C=O) groups is 1. The molecule has 106 valence electrons. The van der Waals surface area contributed by atoms with Gasteiger partial charge in [0.15, 0.2) is 4.34 Å². The van der Waals surface area contributed by atoms with Crippen LogP contribution in [0.15, 0.2) is 10.3 Å². The van der Waals surface area contributed by atoms with E-state index in [0.29, 0.717) is 11.3 Å². The summed E-state index contributed by atoms with van der Waals surface area (Å²) >= 11 is 6.17. The summed E-state index contributed by atoms with van der Waals surface area (Å²) in [7, 11) is -1.41. The summed E-state index contributed by atoms with van der Waals surface area (Å²) in [6.07, 6.45) is 0. The maximum Gasteiger partial charge on any atom is 0.300 e. The van der Waals surface area contributed by atoms with Crippen LogP contribution in [0.4, 0.5) is 5.69 Å². The minimum atomic E-state index is -3.98. The molecule has 0 spiro atoms. The zero-order valence-electron chi connectivity index (χ0n) is 9.91. The van der Waals surface area contributed by atoms with Gasteiger partial charge in [-0.1, -0.05) is 11.6 Å². The molecule has 0 aliphatic carbocycles. The molecule has 19 heavy (non-hydrogen) atoms. The van der Waals surface area contributed by atoms with Crippen LogP contribution in [-0.4, -0.2) is 44.2 Å². The second-order valence-corrected chi connectivity index (χ2v) is 7.34. The van der Waals surface area contributed by atoms with Gasteiger partial charge in [-0.3, -0.25) is 14.9 Å². The van der Waals surface area contributed by atoms with E-state index in [4.69, 9.17) is 11.6 Å². The van der Waals surface area contributed by atoms with Crippen LogP contribution in [0.25, 0.3) is 0 Å². The molecule has 0 aliphatic heterocycles. The van der Waals surface area contributed by atoms with Gasteiger partial charge in [0.1, 0.15) is 4.21 Å². The number of likely N-dealkylation sites (N-methyl/N-ethyl adjacent to an activating group) is 2. The number of rotatable bonds is 5. The van der Waals surface area contributed by atoms with Gasteiger partial charge < -0.3 is 5.32 Å². The molecule has 1 aromatic heterocycles. The van der Waals surface area contributed by atoms with Crippen LogP contribution in [-0.2, 0) is 14.8 Å². The van der Waals surface area contributed by atoms with Crippen molar-refractivity contribution in [1.29, 1.82) is 0 Å². The molecule has 0 aliphatic rings. The lowest BCUT2D eigenvalue weighted by Crippen LogP contribution is -2.36. The molecule has 0 bridgehead atoms. The molecule has 0 saturated heterocycles. The number of halogens is 1. The number of amides is 1. The van der Waals surface area contributed by atoms with Crippen LogP contribution in [0.3, 0.4) is 0 Å². The molecular formula is C8H10ClN3O5S2. The van der Waals surface area contributed by atoms with Gasteiger partial charge >= 0.3 is 0 Å². The Morgan fingerprint density at radius 3 is 2.63 bits per heavy atom. The minimum Gasteiger partial charge on any atom is -0.358 e. The van der Waals surface area contributed by atoms with Crippen molar-refractivity contribution in [2.75, 3.05) is 20.6 Å². The van der Waals surface area contributed by atoms with Gasteiger partial charge in [0.2, 0.25) is 5.91 Å². The average Bonchev–Trinajstić information content (AvgIpc) is 2.71. The minimum absolute atomic E-state index is 0.225. The summed E-state index contributed by atoms with van der Waals surface area (Å²) in [5.41, 5.74) is -0.474. The predicted molar refractivity (Wildman–Crippen MR) is 69.9 cm³/mol. The highest BCUT2D eigenvalue weighted by atomic mass is 35.5. The highest BCUT2D eigenvalue weighted by molar-refractivity contribution is 7.91. The van der Waals surface area contributed by atoms with Gasteiger partial charge in [-0.2, -0.15) is 4.31 Å². The van der Waals surface area contributed by atoms with Crippen molar-refractivity contribution in [3.8, 4) is 0 Å². The molecule has 11 heteroatoms. The average molecular weight is 328 g/mol. The zero-order chi connectivity index (χ0) is 14.8. The fourth-order valence-electron chi connectivity index (χ4n) is 1.11. The molecular weight excluding hydrogens is 318 g/mol. The number of thiophene rings is 1. The summed E-state index contributed by atoms with van der Waals surface area (Å²) in [4.78, 5) is 21.0. The Kier molecular flexibility index (Phi) is 4.85. The normalized spacial score (nSPS) is 11.6. The number of carbonyl (C=O) groups excluding carboxylic acids is 1. The fourth-order valence-corrected chi connectivity index (χ4v) is 4.11. The Bertz CT molecular complexity index is 612. The first-order chi connectivity index (χ1) is 8.70. The Morgan fingerprint density at radius 2 is 2.21 bits per heavy atom. The second-order valence-electron chi connectivity index (χ2n) is 3.42. The number of hydrogen-bond acceptors (Lipinski definition) is 6. The van der Waals surface area contributed by atoms with Gasteiger partial charge in [0.25, 0.3) is 15.7 Å². The summed E-state index contributed by atoms with van der Waals surface area (Å²) in [5.74, 6) is -0.497. The van der Waals surface area contributed by atoms with Gasteiger partial charge in [0.05, 0.1) is 11.5 Å². The lowest BCUT2D eigenvalue weighted by Gasteiger charge is -2.14. The Hall–Kier alpha value is -1.23. The monoisotopic (exact) mass is 327 g/mol. The van der Waals surface area contributed by atoms with Crippen molar-refractivity contribution in [2.24, 2.45) is 0 Å². The van der Waals surface area contributed by atoms with Crippen LogP contribution in [0, 0.1) is 10.1 Å². The number of nitro groups is 1. The molecule has 0 saturated carbocycles. The standard InChI is InChI=1S/C8H10ClN3O5S2/c1-10-6(13)4-11(2)19(16,17)7-3-5(12(14)15)8(9)18-7/h3H,4H2,1-2H3,(H,10,13). The van der Waals surface area contributed by atoms with Crippen LogP contribution < -0.4 is 5.32 Å². The van der Waals surface area contributed by atoms with Crippen molar-refractivity contribution in [1.82, 2.24) is 9.62 Å². The Morgan fingerprint density at radius 1 is 1.63 bits per heavy atom. The third kappa shape index (κ3) is 3.41. The van der Waals surface area contributed by atoms with Crippen LogP contribution in [0.5, 0.6) is 0 Å². The molecule has 1 aromatic rings. The van der Waals surface area contributed by atoms with Crippen molar-refractivity contribution in [3.05, 3.63) is 20.5 Å². The predicted octanol–water partition coefficient (Wildman–Crippen LogP) is 0.676. The van der Waals surface area contributed by atoms with E-state index in [1.165, 1.54) is 14.1 Å². The molecule has 1 rings (SSSR count). The summed E-state index contributed by atoms with van der Waals surface area (Å²) < 4.78 is 24.4. The molecule has 8 nitrogen and oxygen atoms in total. The molecule has 0 radical (unpaired) electrons. The van der Waals surface area contributed by atoms with E-state index in [1.807, 2.05) is 0 Å². The Balaban J connectivity index is 3.10. The number of sulfonamides is 1. The van der Waals surface area contributed by atoms with E-state index in [0.717, 1.165) is 10.4 Å². The van der Waals surface area contributed by atoms with E-state index in [-0.39, 0.29) is 15.1 Å². The van der Waals surface area contributed by atoms with Crippen LogP contribution in [0.2, 0.25) is 4.34 Å². The van der Waals surface area contributed by atoms with Crippen molar-refractivity contribution >= 4 is 44.6 Å². The molecule has 1 N–H and O–H groups in total.